The van der Waals surface area contributed by atoms with Gasteiger partial charge < -0.3 is 5.11 Å². The summed E-state index contributed by atoms with van der Waals surface area (Å²) in [6.07, 6.45) is 4.50. The fourth-order valence-corrected chi connectivity index (χ4v) is 3.51. The Bertz CT molecular complexity index is 385. The second-order valence-corrected chi connectivity index (χ2v) is 5.37. The molecule has 0 heterocycles. The molecule has 2 aliphatic rings. The Hall–Kier alpha value is -0.820. The fraction of sp³-hybridized carbons (Fsp3) is 0.571. The van der Waals surface area contributed by atoms with Crippen molar-refractivity contribution >= 4 is 0 Å². The molecule has 1 nitrogen and oxygen atoms in total. The zero-order valence-electron chi connectivity index (χ0n) is 9.24. The largest absolute Gasteiger partial charge is 0.385 e. The van der Waals surface area contributed by atoms with Crippen LogP contribution in [0.4, 0.5) is 0 Å². The van der Waals surface area contributed by atoms with E-state index >= 15 is 0 Å². The van der Waals surface area contributed by atoms with Gasteiger partial charge in [0.05, 0.1) is 5.60 Å². The van der Waals surface area contributed by atoms with Gasteiger partial charge in [-0.05, 0) is 42.2 Å². The van der Waals surface area contributed by atoms with E-state index in [1.54, 1.807) is 0 Å². The first-order chi connectivity index (χ1) is 7.20. The van der Waals surface area contributed by atoms with Crippen molar-refractivity contribution in [3.63, 3.8) is 0 Å². The zero-order chi connectivity index (χ0) is 10.5. The van der Waals surface area contributed by atoms with Crippen LogP contribution in [0.25, 0.3) is 0 Å². The first kappa shape index (κ1) is 9.41. The molecule has 0 aliphatic heterocycles. The fourth-order valence-electron chi connectivity index (χ4n) is 3.51. The number of benzene rings is 1. The van der Waals surface area contributed by atoms with E-state index in [2.05, 4.69) is 31.2 Å². The van der Waals surface area contributed by atoms with Crippen LogP contribution < -0.4 is 0 Å². The average molecular weight is 202 g/mol. The summed E-state index contributed by atoms with van der Waals surface area (Å²) >= 11 is 0. The molecular weight excluding hydrogens is 184 g/mol. The predicted molar refractivity (Wildman–Crippen MR) is 60.5 cm³/mol. The van der Waals surface area contributed by atoms with Crippen molar-refractivity contribution in [2.45, 2.75) is 38.2 Å². The number of aliphatic hydroxyl groups is 1. The molecule has 15 heavy (non-hydrogen) atoms. The summed E-state index contributed by atoms with van der Waals surface area (Å²) in [5, 5.41) is 10.8. The van der Waals surface area contributed by atoms with Crippen molar-refractivity contribution in [3.05, 3.63) is 35.4 Å². The lowest BCUT2D eigenvalue weighted by Crippen LogP contribution is -2.37. The van der Waals surface area contributed by atoms with Crippen LogP contribution in [0.2, 0.25) is 0 Å². The molecule has 1 saturated carbocycles. The molecule has 1 aromatic rings. The van der Waals surface area contributed by atoms with Gasteiger partial charge in [0.25, 0.3) is 0 Å². The smallest absolute Gasteiger partial charge is 0.0932 e. The van der Waals surface area contributed by atoms with Gasteiger partial charge in [-0.15, -0.1) is 0 Å². The molecule has 0 unspecified atom stereocenters. The van der Waals surface area contributed by atoms with Gasteiger partial charge >= 0.3 is 0 Å². The van der Waals surface area contributed by atoms with Crippen molar-refractivity contribution in [3.8, 4) is 0 Å². The molecule has 0 amide bonds. The highest BCUT2D eigenvalue weighted by Crippen LogP contribution is 2.51. The van der Waals surface area contributed by atoms with Crippen LogP contribution in [-0.2, 0) is 12.0 Å². The van der Waals surface area contributed by atoms with E-state index < -0.39 is 5.60 Å². The minimum Gasteiger partial charge on any atom is -0.385 e. The standard InChI is InChI=1S/C14H18O/c1-10-6-7-12-8-11-4-2-3-5-13(11)14(12,15)9-10/h2-5,10,12,15H,6-9H2,1H3/t10-,12-,14+/m0/s1. The van der Waals surface area contributed by atoms with E-state index in [0.29, 0.717) is 11.8 Å². The maximum absolute atomic E-state index is 10.8. The number of hydrogen-bond donors (Lipinski definition) is 1. The predicted octanol–water partition coefficient (Wildman–Crippen LogP) is 2.87. The Morgan fingerprint density at radius 1 is 1.27 bits per heavy atom. The van der Waals surface area contributed by atoms with E-state index in [4.69, 9.17) is 0 Å². The van der Waals surface area contributed by atoms with Crippen LogP contribution in [0.3, 0.4) is 0 Å². The number of rotatable bonds is 0. The van der Waals surface area contributed by atoms with Crippen LogP contribution in [-0.4, -0.2) is 5.11 Å². The molecule has 2 aliphatic carbocycles. The Morgan fingerprint density at radius 2 is 2.07 bits per heavy atom. The molecular formula is C14H18O. The summed E-state index contributed by atoms with van der Waals surface area (Å²) in [5.41, 5.74) is 2.08. The molecule has 1 heteroatoms. The molecule has 0 saturated heterocycles. The average Bonchev–Trinajstić information content (AvgIpc) is 2.51. The summed E-state index contributed by atoms with van der Waals surface area (Å²) in [6.45, 7) is 2.26. The minimum atomic E-state index is -0.506. The second-order valence-electron chi connectivity index (χ2n) is 5.37. The van der Waals surface area contributed by atoms with Crippen molar-refractivity contribution in [2.24, 2.45) is 11.8 Å². The Labute approximate surface area is 91.1 Å². The maximum Gasteiger partial charge on any atom is 0.0932 e. The topological polar surface area (TPSA) is 20.2 Å². The lowest BCUT2D eigenvalue weighted by atomic mass is 9.71. The molecule has 0 radical (unpaired) electrons. The molecule has 3 atom stereocenters. The molecule has 1 aromatic carbocycles. The first-order valence-corrected chi connectivity index (χ1v) is 6.01. The third-order valence-electron chi connectivity index (χ3n) is 4.29. The highest BCUT2D eigenvalue weighted by molar-refractivity contribution is 5.39. The van der Waals surface area contributed by atoms with Gasteiger partial charge in [-0.3, -0.25) is 0 Å². The second kappa shape index (κ2) is 3.08. The Morgan fingerprint density at radius 3 is 2.93 bits per heavy atom. The molecule has 0 bridgehead atoms. The molecule has 0 aromatic heterocycles. The van der Waals surface area contributed by atoms with Gasteiger partial charge in [-0.1, -0.05) is 37.6 Å². The van der Waals surface area contributed by atoms with E-state index in [1.807, 2.05) is 0 Å². The lowest BCUT2D eigenvalue weighted by Gasteiger charge is -2.38. The quantitative estimate of drug-likeness (QED) is 0.686. The third kappa shape index (κ3) is 1.26. The van der Waals surface area contributed by atoms with Crippen LogP contribution >= 0.6 is 0 Å². The lowest BCUT2D eigenvalue weighted by molar-refractivity contribution is -0.0574. The number of fused-ring (bicyclic) bond motifs is 3. The van der Waals surface area contributed by atoms with E-state index in [-0.39, 0.29) is 0 Å². The molecule has 3 rings (SSSR count). The highest BCUT2D eigenvalue weighted by atomic mass is 16.3. The molecule has 1 N–H and O–H groups in total. The zero-order valence-corrected chi connectivity index (χ0v) is 9.24. The first-order valence-electron chi connectivity index (χ1n) is 6.01. The van der Waals surface area contributed by atoms with Gasteiger partial charge in [0.2, 0.25) is 0 Å². The SMILES string of the molecule is C[C@H]1CC[C@H]2Cc3ccccc3[C@@]2(O)C1. The monoisotopic (exact) mass is 202 g/mol. The molecule has 80 valence electrons. The van der Waals surface area contributed by atoms with E-state index in [0.717, 1.165) is 12.8 Å². The van der Waals surface area contributed by atoms with Gasteiger partial charge in [0.15, 0.2) is 0 Å². The van der Waals surface area contributed by atoms with Crippen molar-refractivity contribution in [2.75, 3.05) is 0 Å². The minimum absolute atomic E-state index is 0.478. The van der Waals surface area contributed by atoms with Crippen molar-refractivity contribution in [1.82, 2.24) is 0 Å². The summed E-state index contributed by atoms with van der Waals surface area (Å²) in [4.78, 5) is 0. The summed E-state index contributed by atoms with van der Waals surface area (Å²) in [6, 6.07) is 8.44. The van der Waals surface area contributed by atoms with Crippen LogP contribution in [0.15, 0.2) is 24.3 Å². The maximum atomic E-state index is 10.8. The summed E-state index contributed by atoms with van der Waals surface area (Å²) < 4.78 is 0. The molecule has 0 spiro atoms. The van der Waals surface area contributed by atoms with Crippen LogP contribution in [0.1, 0.15) is 37.3 Å². The van der Waals surface area contributed by atoms with Crippen molar-refractivity contribution < 1.29 is 5.11 Å². The van der Waals surface area contributed by atoms with Gasteiger partial charge in [0.1, 0.15) is 0 Å². The third-order valence-corrected chi connectivity index (χ3v) is 4.29. The highest BCUT2D eigenvalue weighted by Gasteiger charge is 2.47. The summed E-state index contributed by atoms with van der Waals surface area (Å²) in [5.74, 6) is 1.14. The van der Waals surface area contributed by atoms with Gasteiger partial charge in [-0.25, -0.2) is 0 Å². The van der Waals surface area contributed by atoms with E-state index in [9.17, 15) is 5.11 Å². The normalized spacial score (nSPS) is 38.5. The van der Waals surface area contributed by atoms with Crippen LogP contribution in [0.5, 0.6) is 0 Å². The Balaban J connectivity index is 2.07. The van der Waals surface area contributed by atoms with Crippen LogP contribution in [0, 0.1) is 11.8 Å². The van der Waals surface area contributed by atoms with Gasteiger partial charge in [0, 0.05) is 0 Å². The Kier molecular flexibility index (Phi) is 1.93. The number of hydrogen-bond acceptors (Lipinski definition) is 1. The molecule has 1 fully saturated rings. The van der Waals surface area contributed by atoms with Crippen molar-refractivity contribution in [1.29, 1.82) is 0 Å². The van der Waals surface area contributed by atoms with Gasteiger partial charge in [-0.2, -0.15) is 0 Å². The summed E-state index contributed by atoms with van der Waals surface area (Å²) in [7, 11) is 0. The van der Waals surface area contributed by atoms with E-state index in [1.165, 1.54) is 24.0 Å².